The van der Waals surface area contributed by atoms with Gasteiger partial charge in [0.05, 0.1) is 18.4 Å². The third kappa shape index (κ3) is 2.70. The number of nitrogens with zero attached hydrogens (tertiary/aromatic N) is 3. The van der Waals surface area contributed by atoms with Crippen molar-refractivity contribution in [2.24, 2.45) is 5.29 Å². The van der Waals surface area contributed by atoms with E-state index in [0.29, 0.717) is 0 Å². The number of hydrogen-bond acceptors (Lipinski definition) is 3. The highest BCUT2D eigenvalue weighted by molar-refractivity contribution is 4.73. The molecule has 0 atom stereocenters. The molecule has 0 saturated heterocycles. The molecule has 37 valence electrons. The summed E-state index contributed by atoms with van der Waals surface area (Å²) in [5.41, 5.74) is 0. The monoisotopic (exact) mass is 98.0 g/mol. The Kier molecular flexibility index (Phi) is 2.60. The van der Waals surface area contributed by atoms with Gasteiger partial charge in [-0.2, -0.15) is 5.26 Å². The summed E-state index contributed by atoms with van der Waals surface area (Å²) < 4.78 is 0. The zero-order chi connectivity index (χ0) is 5.70. The molecule has 7 heavy (non-hydrogen) atoms. The Morgan fingerprint density at radius 1 is 2.00 bits per heavy atom. The summed E-state index contributed by atoms with van der Waals surface area (Å²) in [5, 5.41) is 10.9. The van der Waals surface area contributed by atoms with Gasteiger partial charge in [0.1, 0.15) is 6.54 Å². The van der Waals surface area contributed by atoms with E-state index in [1.807, 2.05) is 0 Å². The molecule has 0 aromatic rings. The Morgan fingerprint density at radius 2 is 2.57 bits per heavy atom. The molecule has 0 aliphatic rings. The molecule has 0 bridgehead atoms. The van der Waals surface area contributed by atoms with Crippen LogP contribution in [0.15, 0.2) is 5.29 Å². The second kappa shape index (κ2) is 3.09. The first-order valence-corrected chi connectivity index (χ1v) is 1.59. The van der Waals surface area contributed by atoms with Gasteiger partial charge in [-0.3, -0.25) is 0 Å². The molecule has 0 N–H and O–H groups in total. The fourth-order valence-corrected chi connectivity index (χ4v) is 0.110. The van der Waals surface area contributed by atoms with Crippen LogP contribution >= 0.6 is 0 Å². The summed E-state index contributed by atoms with van der Waals surface area (Å²) in [4.78, 5) is 9.36. The van der Waals surface area contributed by atoms with Gasteiger partial charge in [0.25, 0.3) is 0 Å². The Morgan fingerprint density at radius 3 is 2.71 bits per heavy atom. The minimum absolute atomic E-state index is 0.0521. The Bertz CT molecular complexity index is 94.8. The maximum Gasteiger partial charge on any atom is 0.126 e. The number of nitriles is 1. The number of hydrogen-bond donors (Lipinski definition) is 0. The molecule has 0 aromatic carbocycles. The minimum Gasteiger partial charge on any atom is -0.245 e. The molecule has 0 aliphatic carbocycles. The normalized spacial score (nSPS) is 6.86. The Labute approximate surface area is 41.3 Å². The molecule has 0 aliphatic heterocycles. The van der Waals surface area contributed by atoms with E-state index >= 15 is 0 Å². The summed E-state index contributed by atoms with van der Waals surface area (Å²) in [5.74, 6) is 0. The summed E-state index contributed by atoms with van der Waals surface area (Å²) in [6.07, 6.45) is 0. The molecule has 1 radical (unpaired) electrons. The lowest BCUT2D eigenvalue weighted by atomic mass is 10.7. The summed E-state index contributed by atoms with van der Waals surface area (Å²) in [7, 11) is 3.08. The molecular weight excluding hydrogens is 94.1 g/mol. The predicted molar refractivity (Wildman–Crippen MR) is 23.5 cm³/mol. The summed E-state index contributed by atoms with van der Waals surface area (Å²) in [6, 6.07) is 1.69. The lowest BCUT2D eigenvalue weighted by molar-refractivity contribution is 0.436. The molecule has 4 heteroatoms. The van der Waals surface area contributed by atoms with Crippen LogP contribution < -0.4 is 0 Å². The molecular formula is C3H4N3O. The summed E-state index contributed by atoms with van der Waals surface area (Å²) in [6.45, 7) is -0.0521. The van der Waals surface area contributed by atoms with Crippen LogP contribution in [0.25, 0.3) is 0 Å². The van der Waals surface area contributed by atoms with Crippen LogP contribution in [-0.2, 0) is 0 Å². The number of nitroso groups, excluding NO2 is 1. The van der Waals surface area contributed by atoms with Crippen molar-refractivity contribution in [2.45, 2.75) is 0 Å². The molecule has 4 nitrogen and oxygen atoms in total. The highest BCUT2D eigenvalue weighted by Gasteiger charge is 1.86. The topological polar surface area (TPSA) is 56.5 Å². The van der Waals surface area contributed by atoms with E-state index in [0.717, 1.165) is 5.01 Å². The van der Waals surface area contributed by atoms with Gasteiger partial charge in [0.2, 0.25) is 0 Å². The molecule has 0 saturated carbocycles. The van der Waals surface area contributed by atoms with Crippen LogP contribution in [0.2, 0.25) is 0 Å². The van der Waals surface area contributed by atoms with E-state index in [1.54, 1.807) is 6.07 Å². The van der Waals surface area contributed by atoms with Gasteiger partial charge >= 0.3 is 0 Å². The van der Waals surface area contributed by atoms with Crippen molar-refractivity contribution in [3.05, 3.63) is 12.0 Å². The fourth-order valence-electron chi connectivity index (χ4n) is 0.110. The summed E-state index contributed by atoms with van der Waals surface area (Å²) >= 11 is 0. The van der Waals surface area contributed by atoms with E-state index in [2.05, 4.69) is 12.3 Å². The first-order chi connectivity index (χ1) is 3.31. The lowest BCUT2D eigenvalue weighted by Gasteiger charge is -1.96. The van der Waals surface area contributed by atoms with Crippen molar-refractivity contribution in [2.75, 3.05) is 6.54 Å². The first kappa shape index (κ1) is 5.89. The molecule has 0 aromatic heterocycles. The van der Waals surface area contributed by atoms with Crippen LogP contribution in [0.5, 0.6) is 0 Å². The third-order valence-corrected chi connectivity index (χ3v) is 0.369. The standard InChI is InChI=1S/C3H4N3O/c1-6(5-7)3-2-4/h1,3H2. The van der Waals surface area contributed by atoms with Gasteiger partial charge in [-0.05, 0) is 0 Å². The maximum atomic E-state index is 9.36. The van der Waals surface area contributed by atoms with Gasteiger partial charge in [0.15, 0.2) is 0 Å². The third-order valence-electron chi connectivity index (χ3n) is 0.369. The SMILES string of the molecule is [CH2]N(CC#N)N=O. The molecule has 0 amide bonds. The maximum absolute atomic E-state index is 9.36. The number of rotatable bonds is 2. The lowest BCUT2D eigenvalue weighted by Crippen LogP contribution is -2.05. The van der Waals surface area contributed by atoms with Gasteiger partial charge in [0, 0.05) is 0 Å². The van der Waals surface area contributed by atoms with Crippen molar-refractivity contribution in [3.8, 4) is 6.07 Å². The van der Waals surface area contributed by atoms with Crippen molar-refractivity contribution in [1.29, 1.82) is 5.26 Å². The van der Waals surface area contributed by atoms with Crippen molar-refractivity contribution >= 4 is 0 Å². The second-order valence-electron chi connectivity index (χ2n) is 0.904. The van der Waals surface area contributed by atoms with Crippen LogP contribution in [0.1, 0.15) is 0 Å². The van der Waals surface area contributed by atoms with Crippen LogP contribution in [0.3, 0.4) is 0 Å². The molecule has 0 spiro atoms. The molecule has 0 fully saturated rings. The van der Waals surface area contributed by atoms with Gasteiger partial charge < -0.3 is 0 Å². The molecule has 0 rings (SSSR count). The Balaban J connectivity index is 3.21. The highest BCUT2D eigenvalue weighted by atomic mass is 16.3. The van der Waals surface area contributed by atoms with E-state index in [4.69, 9.17) is 5.26 Å². The van der Waals surface area contributed by atoms with Crippen LogP contribution in [0.4, 0.5) is 0 Å². The fraction of sp³-hybridized carbons (Fsp3) is 0.333. The van der Waals surface area contributed by atoms with E-state index in [9.17, 15) is 4.91 Å². The average molecular weight is 98.1 g/mol. The Hall–Kier alpha value is -1.11. The van der Waals surface area contributed by atoms with Crippen LogP contribution in [0, 0.1) is 23.3 Å². The largest absolute Gasteiger partial charge is 0.245 e. The van der Waals surface area contributed by atoms with E-state index in [-0.39, 0.29) is 6.54 Å². The van der Waals surface area contributed by atoms with Crippen molar-refractivity contribution in [3.63, 3.8) is 0 Å². The van der Waals surface area contributed by atoms with E-state index < -0.39 is 0 Å². The molecule has 0 unspecified atom stereocenters. The average Bonchev–Trinajstić information content (AvgIpc) is 1.68. The van der Waals surface area contributed by atoms with Gasteiger partial charge in [-0.15, -0.1) is 4.91 Å². The molecule has 0 heterocycles. The smallest absolute Gasteiger partial charge is 0.126 e. The quantitative estimate of drug-likeness (QED) is 0.283. The second-order valence-corrected chi connectivity index (χ2v) is 0.904. The highest BCUT2D eigenvalue weighted by Crippen LogP contribution is 1.78. The first-order valence-electron chi connectivity index (χ1n) is 1.59. The zero-order valence-electron chi connectivity index (χ0n) is 3.66. The van der Waals surface area contributed by atoms with E-state index in [1.165, 1.54) is 0 Å². The predicted octanol–water partition coefficient (Wildman–Crippen LogP) is 0.285. The van der Waals surface area contributed by atoms with Crippen molar-refractivity contribution < 1.29 is 0 Å². The minimum atomic E-state index is -0.0521. The van der Waals surface area contributed by atoms with Gasteiger partial charge in [-0.25, -0.2) is 5.01 Å². The van der Waals surface area contributed by atoms with Gasteiger partial charge in [-0.1, -0.05) is 0 Å². The zero-order valence-corrected chi connectivity index (χ0v) is 3.66. The van der Waals surface area contributed by atoms with Crippen LogP contribution in [-0.4, -0.2) is 11.6 Å². The van der Waals surface area contributed by atoms with Crippen molar-refractivity contribution in [1.82, 2.24) is 5.01 Å².